The molecular weight excluding hydrogens is 250 g/mol. The lowest BCUT2D eigenvalue weighted by Crippen LogP contribution is -2.04. The molecule has 0 spiro atoms. The minimum atomic E-state index is -0.825. The predicted molar refractivity (Wildman–Crippen MR) is 53.9 cm³/mol. The number of aliphatic hydroxyl groups is 1. The number of rotatable bonds is 2. The van der Waals surface area contributed by atoms with E-state index in [1.807, 2.05) is 0 Å². The molecule has 4 nitrogen and oxygen atoms in total. The van der Waals surface area contributed by atoms with E-state index in [2.05, 4.69) is 15.9 Å². The van der Waals surface area contributed by atoms with Crippen molar-refractivity contribution in [1.82, 2.24) is 0 Å². The van der Waals surface area contributed by atoms with Gasteiger partial charge in [0.2, 0.25) is 0 Å². The monoisotopic (exact) mass is 257 g/mol. The number of halogens is 1. The van der Waals surface area contributed by atoms with Crippen molar-refractivity contribution in [2.75, 3.05) is 0 Å². The van der Waals surface area contributed by atoms with Gasteiger partial charge in [0, 0.05) is 16.6 Å². The lowest BCUT2D eigenvalue weighted by molar-refractivity contribution is -0.385. The zero-order valence-electron chi connectivity index (χ0n) is 7.24. The molecular formula is C9H8BrNO3. The Kier molecular flexibility index (Phi) is 2.08. The van der Waals surface area contributed by atoms with Crippen molar-refractivity contribution in [2.45, 2.75) is 18.4 Å². The summed E-state index contributed by atoms with van der Waals surface area (Å²) in [6.45, 7) is 0. The number of benzene rings is 1. The minimum Gasteiger partial charge on any atom is -0.385 e. The standard InChI is InChI=1S/C9H8BrNO3/c10-7-3-6(9(12)1-2-9)4-8(5-7)11(13)14/h3-5,12H,1-2H2. The van der Waals surface area contributed by atoms with Gasteiger partial charge in [-0.2, -0.15) is 0 Å². The Hall–Kier alpha value is -0.940. The van der Waals surface area contributed by atoms with E-state index >= 15 is 0 Å². The number of non-ortho nitro benzene ring substituents is 1. The van der Waals surface area contributed by atoms with E-state index in [0.29, 0.717) is 22.9 Å². The van der Waals surface area contributed by atoms with Crippen LogP contribution in [0.15, 0.2) is 22.7 Å². The molecule has 2 rings (SSSR count). The molecule has 0 aromatic heterocycles. The molecule has 0 heterocycles. The van der Waals surface area contributed by atoms with Crippen LogP contribution in [-0.2, 0) is 5.60 Å². The van der Waals surface area contributed by atoms with Gasteiger partial charge in [-0.05, 0) is 24.5 Å². The molecule has 1 aliphatic rings. The number of nitro benzene ring substituents is 1. The van der Waals surface area contributed by atoms with Crippen LogP contribution in [0.2, 0.25) is 0 Å². The molecule has 5 heteroatoms. The summed E-state index contributed by atoms with van der Waals surface area (Å²) in [5.74, 6) is 0. The summed E-state index contributed by atoms with van der Waals surface area (Å²) >= 11 is 3.19. The summed E-state index contributed by atoms with van der Waals surface area (Å²) < 4.78 is 0.627. The highest BCUT2D eigenvalue weighted by Gasteiger charge is 2.42. The summed E-state index contributed by atoms with van der Waals surface area (Å²) in [7, 11) is 0. The molecule has 0 atom stereocenters. The molecule has 74 valence electrons. The molecule has 0 saturated heterocycles. The second-order valence-electron chi connectivity index (χ2n) is 3.49. The second kappa shape index (κ2) is 3.03. The second-order valence-corrected chi connectivity index (χ2v) is 4.40. The fourth-order valence-corrected chi connectivity index (χ4v) is 1.84. The maximum absolute atomic E-state index is 10.6. The molecule has 0 radical (unpaired) electrons. The fraction of sp³-hybridized carbons (Fsp3) is 0.333. The summed E-state index contributed by atoms with van der Waals surface area (Å²) in [6.07, 6.45) is 1.36. The minimum absolute atomic E-state index is 0.00898. The zero-order chi connectivity index (χ0) is 10.3. The van der Waals surface area contributed by atoms with Crippen LogP contribution in [0.5, 0.6) is 0 Å². The smallest absolute Gasteiger partial charge is 0.270 e. The molecule has 1 N–H and O–H groups in total. The van der Waals surface area contributed by atoms with E-state index in [4.69, 9.17) is 0 Å². The highest BCUT2D eigenvalue weighted by Crippen LogP contribution is 2.46. The zero-order valence-corrected chi connectivity index (χ0v) is 8.82. The summed E-state index contributed by atoms with van der Waals surface area (Å²) in [5.41, 5.74) is -0.192. The largest absolute Gasteiger partial charge is 0.385 e. The molecule has 0 aliphatic heterocycles. The first-order valence-corrected chi connectivity index (χ1v) is 4.98. The number of hydrogen-bond donors (Lipinski definition) is 1. The first-order chi connectivity index (χ1) is 6.51. The van der Waals surface area contributed by atoms with Gasteiger partial charge in [-0.3, -0.25) is 10.1 Å². The van der Waals surface area contributed by atoms with Gasteiger partial charge >= 0.3 is 0 Å². The fourth-order valence-electron chi connectivity index (χ4n) is 1.36. The van der Waals surface area contributed by atoms with Crippen molar-refractivity contribution in [3.8, 4) is 0 Å². The molecule has 0 amide bonds. The molecule has 1 aromatic carbocycles. The maximum atomic E-state index is 10.6. The highest BCUT2D eigenvalue weighted by atomic mass is 79.9. The van der Waals surface area contributed by atoms with Crippen molar-refractivity contribution < 1.29 is 10.0 Å². The van der Waals surface area contributed by atoms with Gasteiger partial charge in [0.05, 0.1) is 10.5 Å². The quantitative estimate of drug-likeness (QED) is 0.654. The molecule has 0 unspecified atom stereocenters. The van der Waals surface area contributed by atoms with Crippen LogP contribution in [0, 0.1) is 10.1 Å². The third kappa shape index (κ3) is 1.65. The Labute approximate surface area is 88.8 Å². The van der Waals surface area contributed by atoms with E-state index in [1.165, 1.54) is 12.1 Å². The molecule has 1 aliphatic carbocycles. The molecule has 1 aromatic rings. The third-order valence-corrected chi connectivity index (χ3v) is 2.81. The maximum Gasteiger partial charge on any atom is 0.270 e. The van der Waals surface area contributed by atoms with E-state index in [-0.39, 0.29) is 5.69 Å². The molecule has 14 heavy (non-hydrogen) atoms. The summed E-state index contributed by atoms with van der Waals surface area (Å²) in [4.78, 5) is 10.1. The average Bonchev–Trinajstić information content (AvgIpc) is 2.84. The molecule has 1 fully saturated rings. The van der Waals surface area contributed by atoms with Crippen LogP contribution in [0.3, 0.4) is 0 Å². The Bertz CT molecular complexity index is 401. The van der Waals surface area contributed by atoms with Crippen molar-refractivity contribution in [3.05, 3.63) is 38.3 Å². The molecule has 1 saturated carbocycles. The van der Waals surface area contributed by atoms with E-state index in [0.717, 1.165) is 0 Å². The Morgan fingerprint density at radius 3 is 2.57 bits per heavy atom. The Morgan fingerprint density at radius 1 is 1.43 bits per heavy atom. The van der Waals surface area contributed by atoms with Crippen LogP contribution in [0.1, 0.15) is 18.4 Å². The van der Waals surface area contributed by atoms with Gasteiger partial charge in [-0.15, -0.1) is 0 Å². The Balaban J connectivity index is 2.47. The van der Waals surface area contributed by atoms with Crippen LogP contribution in [-0.4, -0.2) is 10.0 Å². The predicted octanol–water partition coefficient (Wildman–Crippen LogP) is 2.34. The average molecular weight is 258 g/mol. The highest BCUT2D eigenvalue weighted by molar-refractivity contribution is 9.10. The van der Waals surface area contributed by atoms with Crippen molar-refractivity contribution in [2.24, 2.45) is 0 Å². The van der Waals surface area contributed by atoms with Gasteiger partial charge in [-0.1, -0.05) is 15.9 Å². The van der Waals surface area contributed by atoms with Crippen LogP contribution in [0.25, 0.3) is 0 Å². The van der Waals surface area contributed by atoms with Gasteiger partial charge in [-0.25, -0.2) is 0 Å². The van der Waals surface area contributed by atoms with Crippen molar-refractivity contribution in [1.29, 1.82) is 0 Å². The van der Waals surface area contributed by atoms with Gasteiger partial charge < -0.3 is 5.11 Å². The first kappa shape index (κ1) is 9.61. The van der Waals surface area contributed by atoms with Gasteiger partial charge in [0.1, 0.15) is 0 Å². The molecule has 0 bridgehead atoms. The lowest BCUT2D eigenvalue weighted by Gasteiger charge is -2.07. The number of nitrogens with zero attached hydrogens (tertiary/aromatic N) is 1. The first-order valence-electron chi connectivity index (χ1n) is 4.19. The van der Waals surface area contributed by atoms with Gasteiger partial charge in [0.15, 0.2) is 0 Å². The van der Waals surface area contributed by atoms with Crippen molar-refractivity contribution >= 4 is 21.6 Å². The third-order valence-electron chi connectivity index (χ3n) is 2.35. The summed E-state index contributed by atoms with van der Waals surface area (Å²) in [6, 6.07) is 4.58. The normalized spacial score (nSPS) is 17.9. The van der Waals surface area contributed by atoms with Gasteiger partial charge in [0.25, 0.3) is 5.69 Å². The number of nitro groups is 1. The Morgan fingerprint density at radius 2 is 2.07 bits per heavy atom. The lowest BCUT2D eigenvalue weighted by atomic mass is 10.1. The van der Waals surface area contributed by atoms with E-state index in [1.54, 1.807) is 6.07 Å². The van der Waals surface area contributed by atoms with Crippen LogP contribution in [0.4, 0.5) is 5.69 Å². The van der Waals surface area contributed by atoms with Crippen molar-refractivity contribution in [3.63, 3.8) is 0 Å². The van der Waals surface area contributed by atoms with E-state index < -0.39 is 10.5 Å². The topological polar surface area (TPSA) is 63.4 Å². The van der Waals surface area contributed by atoms with Crippen LogP contribution < -0.4 is 0 Å². The SMILES string of the molecule is O=[N+]([O-])c1cc(Br)cc(C2(O)CC2)c1. The van der Waals surface area contributed by atoms with E-state index in [9.17, 15) is 15.2 Å². The number of hydrogen-bond acceptors (Lipinski definition) is 3. The summed E-state index contributed by atoms with van der Waals surface area (Å²) in [5, 5.41) is 20.3. The van der Waals surface area contributed by atoms with Crippen LogP contribution >= 0.6 is 15.9 Å².